The maximum absolute atomic E-state index is 5.51. The molecule has 0 spiro atoms. The first kappa shape index (κ1) is 15.5. The van der Waals surface area contributed by atoms with Gasteiger partial charge in [0.1, 0.15) is 6.33 Å². The van der Waals surface area contributed by atoms with Crippen LogP contribution in [-0.2, 0) is 7.05 Å². The van der Waals surface area contributed by atoms with Gasteiger partial charge >= 0.3 is 6.01 Å². The number of ether oxygens (including phenoxy) is 1. The summed E-state index contributed by atoms with van der Waals surface area (Å²) < 4.78 is 7.31. The summed E-state index contributed by atoms with van der Waals surface area (Å²) in [4.78, 5) is 12.9. The molecule has 2 heterocycles. The first-order valence-corrected chi connectivity index (χ1v) is 7.69. The molecule has 9 heteroatoms. The van der Waals surface area contributed by atoms with Crippen molar-refractivity contribution >= 4 is 17.7 Å². The van der Waals surface area contributed by atoms with Crippen molar-refractivity contribution in [1.82, 2.24) is 29.7 Å². The van der Waals surface area contributed by atoms with Crippen LogP contribution in [0, 0.1) is 0 Å². The highest BCUT2D eigenvalue weighted by atomic mass is 32.2. The van der Waals surface area contributed by atoms with Crippen LogP contribution in [0.3, 0.4) is 0 Å². The van der Waals surface area contributed by atoms with Gasteiger partial charge in [-0.25, -0.2) is 0 Å². The van der Waals surface area contributed by atoms with Crippen LogP contribution in [0.15, 0.2) is 16.6 Å². The summed E-state index contributed by atoms with van der Waals surface area (Å²) in [5.41, 5.74) is 0. The molecular formula is C12H19N7OS. The van der Waals surface area contributed by atoms with E-state index in [0.29, 0.717) is 28.9 Å². The molecule has 0 radical (unpaired) electrons. The molecule has 0 aliphatic carbocycles. The Labute approximate surface area is 127 Å². The topological polar surface area (TPSA) is 90.6 Å². The molecule has 21 heavy (non-hydrogen) atoms. The monoisotopic (exact) mass is 309 g/mol. The van der Waals surface area contributed by atoms with E-state index in [1.54, 1.807) is 10.9 Å². The Kier molecular flexibility index (Phi) is 5.73. The van der Waals surface area contributed by atoms with Crippen molar-refractivity contribution in [3.8, 4) is 6.01 Å². The van der Waals surface area contributed by atoms with Crippen LogP contribution in [0.1, 0.15) is 26.7 Å². The zero-order valence-electron chi connectivity index (χ0n) is 12.4. The predicted octanol–water partition coefficient (Wildman–Crippen LogP) is 1.76. The molecule has 0 aliphatic heterocycles. The highest BCUT2D eigenvalue weighted by Crippen LogP contribution is 2.24. The van der Waals surface area contributed by atoms with E-state index >= 15 is 0 Å². The molecule has 114 valence electrons. The number of hydrogen-bond donors (Lipinski definition) is 1. The zero-order chi connectivity index (χ0) is 15.1. The van der Waals surface area contributed by atoms with Crippen LogP contribution in [0.5, 0.6) is 6.01 Å². The molecule has 0 saturated carbocycles. The third kappa shape index (κ3) is 4.55. The smallest absolute Gasteiger partial charge is 0.322 e. The number of aryl methyl sites for hydroxylation is 1. The molecule has 8 nitrogen and oxygen atoms in total. The van der Waals surface area contributed by atoms with Gasteiger partial charge in [0.05, 0.1) is 6.61 Å². The third-order valence-electron chi connectivity index (χ3n) is 2.42. The van der Waals surface area contributed by atoms with Crippen molar-refractivity contribution in [3.05, 3.63) is 6.33 Å². The summed E-state index contributed by atoms with van der Waals surface area (Å²) in [6.07, 6.45) is 3.52. The third-order valence-corrected chi connectivity index (χ3v) is 3.33. The summed E-state index contributed by atoms with van der Waals surface area (Å²) in [7, 11) is 1.87. The molecule has 0 bridgehead atoms. The van der Waals surface area contributed by atoms with E-state index in [2.05, 4.69) is 37.4 Å². The Morgan fingerprint density at radius 1 is 1.24 bits per heavy atom. The van der Waals surface area contributed by atoms with Crippen LogP contribution in [0.4, 0.5) is 5.95 Å². The lowest BCUT2D eigenvalue weighted by Gasteiger charge is -2.08. The summed E-state index contributed by atoms with van der Waals surface area (Å²) >= 11 is 1.32. The summed E-state index contributed by atoms with van der Waals surface area (Å²) in [5, 5.41) is 12.2. The van der Waals surface area contributed by atoms with Crippen molar-refractivity contribution in [1.29, 1.82) is 0 Å². The van der Waals surface area contributed by atoms with Crippen molar-refractivity contribution in [2.24, 2.45) is 7.05 Å². The molecule has 0 amide bonds. The number of nitrogens with one attached hydrogen (secondary N) is 1. The Balaban J connectivity index is 2.19. The lowest BCUT2D eigenvalue weighted by Crippen LogP contribution is -2.09. The van der Waals surface area contributed by atoms with Gasteiger partial charge in [0.25, 0.3) is 0 Å². The quantitative estimate of drug-likeness (QED) is 0.789. The minimum atomic E-state index is 0.329. The number of anilines is 1. The van der Waals surface area contributed by atoms with Gasteiger partial charge in [0.15, 0.2) is 5.16 Å². The minimum absolute atomic E-state index is 0.329. The number of rotatable bonds is 8. The number of hydrogen-bond acceptors (Lipinski definition) is 8. The Hall–Kier alpha value is -1.90. The lowest BCUT2D eigenvalue weighted by atomic mass is 10.5. The van der Waals surface area contributed by atoms with E-state index in [9.17, 15) is 0 Å². The first-order chi connectivity index (χ1) is 10.2. The van der Waals surface area contributed by atoms with Crippen LogP contribution >= 0.6 is 11.8 Å². The van der Waals surface area contributed by atoms with Crippen LogP contribution in [-0.4, -0.2) is 42.9 Å². The molecule has 2 rings (SSSR count). The average Bonchev–Trinajstić information content (AvgIpc) is 2.88. The SMILES string of the molecule is CCCNc1nc(OCCC)nc(Sc2nncn2C)n1. The highest BCUT2D eigenvalue weighted by molar-refractivity contribution is 7.99. The fraction of sp³-hybridized carbons (Fsp3) is 0.583. The molecule has 0 fully saturated rings. The van der Waals surface area contributed by atoms with Crippen LogP contribution in [0.2, 0.25) is 0 Å². The van der Waals surface area contributed by atoms with Crippen molar-refractivity contribution in [2.45, 2.75) is 37.0 Å². The number of aromatic nitrogens is 6. The normalized spacial score (nSPS) is 10.6. The first-order valence-electron chi connectivity index (χ1n) is 6.87. The fourth-order valence-corrected chi connectivity index (χ4v) is 2.10. The molecule has 1 N–H and O–H groups in total. The minimum Gasteiger partial charge on any atom is -0.463 e. The molecule has 2 aromatic heterocycles. The molecular weight excluding hydrogens is 290 g/mol. The summed E-state index contributed by atoms with van der Waals surface area (Å²) in [6, 6.07) is 0.329. The van der Waals surface area contributed by atoms with E-state index in [-0.39, 0.29) is 0 Å². The average molecular weight is 309 g/mol. The largest absolute Gasteiger partial charge is 0.463 e. The van der Waals surface area contributed by atoms with Crippen LogP contribution in [0.25, 0.3) is 0 Å². The van der Waals surface area contributed by atoms with Gasteiger partial charge in [-0.1, -0.05) is 13.8 Å². The van der Waals surface area contributed by atoms with Gasteiger partial charge < -0.3 is 14.6 Å². The van der Waals surface area contributed by atoms with Gasteiger partial charge in [-0.2, -0.15) is 15.0 Å². The van der Waals surface area contributed by atoms with E-state index < -0.39 is 0 Å². The fourth-order valence-electron chi connectivity index (χ4n) is 1.40. The second-order valence-corrected chi connectivity index (χ2v) is 5.26. The molecule has 0 saturated heterocycles. The lowest BCUT2D eigenvalue weighted by molar-refractivity contribution is 0.288. The van der Waals surface area contributed by atoms with Crippen molar-refractivity contribution < 1.29 is 4.74 Å². The van der Waals surface area contributed by atoms with Gasteiger partial charge in [-0.05, 0) is 24.6 Å². The summed E-state index contributed by atoms with van der Waals surface area (Å²) in [6.45, 7) is 5.49. The standard InChI is InChI=1S/C12H19N7OS/c1-4-6-13-9-15-10(20-7-5-2)17-11(16-9)21-12-18-14-8-19(12)3/h8H,4-7H2,1-3H3,(H,13,15,16,17). The van der Waals surface area contributed by atoms with Crippen molar-refractivity contribution in [2.75, 3.05) is 18.5 Å². The van der Waals surface area contributed by atoms with Gasteiger partial charge in [-0.3, -0.25) is 0 Å². The Bertz CT molecular complexity index is 548. The van der Waals surface area contributed by atoms with Crippen molar-refractivity contribution in [3.63, 3.8) is 0 Å². The second kappa shape index (κ2) is 7.77. The van der Waals surface area contributed by atoms with Gasteiger partial charge in [0.2, 0.25) is 11.1 Å². The predicted molar refractivity (Wildman–Crippen MR) is 79.5 cm³/mol. The highest BCUT2D eigenvalue weighted by Gasteiger charge is 2.11. The maximum Gasteiger partial charge on any atom is 0.322 e. The Morgan fingerprint density at radius 2 is 2.10 bits per heavy atom. The molecule has 0 unspecified atom stereocenters. The van der Waals surface area contributed by atoms with E-state index in [1.807, 2.05) is 14.0 Å². The van der Waals surface area contributed by atoms with Gasteiger partial charge in [0, 0.05) is 13.6 Å². The number of nitrogens with zero attached hydrogens (tertiary/aromatic N) is 6. The van der Waals surface area contributed by atoms with E-state index in [4.69, 9.17) is 4.74 Å². The zero-order valence-corrected chi connectivity index (χ0v) is 13.2. The van der Waals surface area contributed by atoms with E-state index in [1.165, 1.54) is 11.8 Å². The second-order valence-electron chi connectivity index (χ2n) is 4.33. The van der Waals surface area contributed by atoms with E-state index in [0.717, 1.165) is 19.4 Å². The summed E-state index contributed by atoms with van der Waals surface area (Å²) in [5.74, 6) is 0.516. The maximum atomic E-state index is 5.51. The molecule has 2 aromatic rings. The molecule has 0 aromatic carbocycles. The Morgan fingerprint density at radius 3 is 2.76 bits per heavy atom. The molecule has 0 atom stereocenters. The van der Waals surface area contributed by atoms with Gasteiger partial charge in [-0.15, -0.1) is 10.2 Å². The van der Waals surface area contributed by atoms with Crippen LogP contribution < -0.4 is 10.1 Å². The molecule has 0 aliphatic rings.